The molecule has 1 heterocycles. The van der Waals surface area contributed by atoms with Crippen molar-refractivity contribution in [1.29, 1.82) is 0 Å². The molecule has 0 aromatic heterocycles. The van der Waals surface area contributed by atoms with Gasteiger partial charge in [0.2, 0.25) is 0 Å². The summed E-state index contributed by atoms with van der Waals surface area (Å²) < 4.78 is 38.0. The van der Waals surface area contributed by atoms with Gasteiger partial charge in [-0.1, -0.05) is 11.6 Å². The van der Waals surface area contributed by atoms with Crippen LogP contribution in [0.25, 0.3) is 0 Å². The Morgan fingerprint density at radius 3 is 2.50 bits per heavy atom. The maximum atomic E-state index is 12.3. The molecule has 1 N–H and O–H groups in total. The molecule has 2 nitrogen and oxygen atoms in total. The molecule has 1 aliphatic rings. The van der Waals surface area contributed by atoms with Gasteiger partial charge in [0.05, 0.1) is 17.3 Å². The number of hydrogen-bond donors (Lipinski definition) is 1. The molecule has 0 saturated carbocycles. The van der Waals surface area contributed by atoms with E-state index in [4.69, 9.17) is 11.6 Å². The quantitative estimate of drug-likeness (QED) is 0.733. The van der Waals surface area contributed by atoms with Gasteiger partial charge in [0.1, 0.15) is 0 Å². The molecule has 1 aliphatic heterocycles. The molecule has 1 aromatic carbocycles. The predicted molar refractivity (Wildman–Crippen MR) is 83.3 cm³/mol. The minimum atomic E-state index is -4.11. The van der Waals surface area contributed by atoms with E-state index in [-0.39, 0.29) is 6.04 Å². The predicted octanol–water partition coefficient (Wildman–Crippen LogP) is 4.38. The summed E-state index contributed by atoms with van der Waals surface area (Å²) in [7, 11) is 0. The largest absolute Gasteiger partial charge is 0.401 e. The van der Waals surface area contributed by atoms with Gasteiger partial charge in [-0.25, -0.2) is 0 Å². The van der Waals surface area contributed by atoms with Gasteiger partial charge in [-0.2, -0.15) is 13.2 Å². The van der Waals surface area contributed by atoms with Crippen LogP contribution in [0.3, 0.4) is 0 Å². The number of nitrogens with one attached hydrogen (secondary N) is 1. The summed E-state index contributed by atoms with van der Waals surface area (Å²) in [6.07, 6.45) is -2.73. The van der Waals surface area contributed by atoms with Gasteiger partial charge < -0.3 is 5.32 Å². The van der Waals surface area contributed by atoms with E-state index in [2.05, 4.69) is 27.9 Å². The highest BCUT2D eigenvalue weighted by atomic mass is 127. The fourth-order valence-electron chi connectivity index (χ4n) is 2.32. The van der Waals surface area contributed by atoms with Gasteiger partial charge in [0.25, 0.3) is 0 Å². The Labute approximate surface area is 134 Å². The monoisotopic (exact) mass is 418 g/mol. The van der Waals surface area contributed by atoms with Gasteiger partial charge in [-0.15, -0.1) is 0 Å². The molecule has 1 saturated heterocycles. The molecule has 0 radical (unpaired) electrons. The molecule has 0 amide bonds. The second kappa shape index (κ2) is 6.70. The molecule has 112 valence electrons. The van der Waals surface area contributed by atoms with Crippen molar-refractivity contribution < 1.29 is 13.2 Å². The highest BCUT2D eigenvalue weighted by Gasteiger charge is 2.32. The Hall–Kier alpha value is -0.210. The summed E-state index contributed by atoms with van der Waals surface area (Å²) in [6, 6.07) is 5.90. The van der Waals surface area contributed by atoms with Crippen molar-refractivity contribution in [3.05, 3.63) is 26.8 Å². The molecule has 1 fully saturated rings. The van der Waals surface area contributed by atoms with Crippen molar-refractivity contribution in [3.8, 4) is 0 Å². The Kier molecular flexibility index (Phi) is 5.42. The third-order valence-corrected chi connectivity index (χ3v) is 4.26. The van der Waals surface area contributed by atoms with E-state index in [0.717, 1.165) is 9.26 Å². The molecule has 20 heavy (non-hydrogen) atoms. The van der Waals surface area contributed by atoms with Crippen molar-refractivity contribution in [1.82, 2.24) is 4.90 Å². The fourth-order valence-corrected chi connectivity index (χ4v) is 3.23. The number of alkyl halides is 3. The first kappa shape index (κ1) is 16.2. The molecule has 1 aromatic rings. The third kappa shape index (κ3) is 4.96. The molecule has 0 atom stereocenters. The van der Waals surface area contributed by atoms with E-state index < -0.39 is 12.7 Å². The molecule has 0 bridgehead atoms. The number of benzene rings is 1. The lowest BCUT2D eigenvalue weighted by Gasteiger charge is -2.33. The average Bonchev–Trinajstić information content (AvgIpc) is 2.33. The van der Waals surface area contributed by atoms with Gasteiger partial charge in [-0.05, 0) is 53.6 Å². The van der Waals surface area contributed by atoms with Crippen LogP contribution in [0.4, 0.5) is 18.9 Å². The van der Waals surface area contributed by atoms with Crippen molar-refractivity contribution in [2.75, 3.05) is 25.0 Å². The van der Waals surface area contributed by atoms with Crippen LogP contribution >= 0.6 is 34.2 Å². The van der Waals surface area contributed by atoms with Crippen molar-refractivity contribution in [2.45, 2.75) is 25.1 Å². The fraction of sp³-hybridized carbons (Fsp3) is 0.538. The first-order valence-corrected chi connectivity index (χ1v) is 7.80. The van der Waals surface area contributed by atoms with E-state index in [1.54, 1.807) is 0 Å². The number of anilines is 1. The molecule has 0 aliphatic carbocycles. The number of halogens is 5. The topological polar surface area (TPSA) is 15.3 Å². The smallest absolute Gasteiger partial charge is 0.381 e. The zero-order valence-corrected chi connectivity index (χ0v) is 13.6. The number of rotatable bonds is 3. The summed E-state index contributed by atoms with van der Waals surface area (Å²) in [6.45, 7) is 0.0995. The van der Waals surface area contributed by atoms with Gasteiger partial charge in [0, 0.05) is 22.7 Å². The second-order valence-corrected chi connectivity index (χ2v) is 6.59. The van der Waals surface area contributed by atoms with Crippen LogP contribution in [0.15, 0.2) is 18.2 Å². The average molecular weight is 419 g/mol. The lowest BCUT2D eigenvalue weighted by Crippen LogP contribution is -2.43. The first-order chi connectivity index (χ1) is 9.33. The maximum Gasteiger partial charge on any atom is 0.401 e. The van der Waals surface area contributed by atoms with E-state index in [9.17, 15) is 13.2 Å². The van der Waals surface area contributed by atoms with Crippen LogP contribution in [0.1, 0.15) is 12.8 Å². The second-order valence-electron chi connectivity index (χ2n) is 4.93. The van der Waals surface area contributed by atoms with E-state index in [0.29, 0.717) is 31.0 Å². The molecule has 7 heteroatoms. The molecule has 0 unspecified atom stereocenters. The normalized spacial score (nSPS) is 18.2. The van der Waals surface area contributed by atoms with Gasteiger partial charge >= 0.3 is 6.18 Å². The summed E-state index contributed by atoms with van der Waals surface area (Å²) in [5, 5.41) is 3.96. The number of hydrogen-bond acceptors (Lipinski definition) is 2. The SMILES string of the molecule is FC(F)(F)CN1CCC(Nc2ccc(I)cc2Cl)CC1. The third-order valence-electron chi connectivity index (χ3n) is 3.28. The Morgan fingerprint density at radius 1 is 1.30 bits per heavy atom. The van der Waals surface area contributed by atoms with Crippen LogP contribution in [0.2, 0.25) is 5.02 Å². The van der Waals surface area contributed by atoms with Crippen LogP contribution < -0.4 is 5.32 Å². The summed E-state index contributed by atoms with van der Waals surface area (Å²) >= 11 is 8.32. The van der Waals surface area contributed by atoms with E-state index in [1.807, 2.05) is 18.2 Å². The number of piperidine rings is 1. The van der Waals surface area contributed by atoms with Crippen molar-refractivity contribution in [3.63, 3.8) is 0 Å². The zero-order valence-electron chi connectivity index (χ0n) is 10.7. The molecule has 0 spiro atoms. The number of likely N-dealkylation sites (tertiary alicyclic amines) is 1. The standard InChI is InChI=1S/C13H15ClF3IN2/c14-11-7-9(18)1-2-12(11)19-10-3-5-20(6-4-10)8-13(15,16)17/h1-2,7,10,19H,3-6,8H2. The van der Waals surface area contributed by atoms with Crippen molar-refractivity contribution in [2.24, 2.45) is 0 Å². The van der Waals surface area contributed by atoms with Crippen molar-refractivity contribution >= 4 is 39.9 Å². The molecular weight excluding hydrogens is 404 g/mol. The minimum Gasteiger partial charge on any atom is -0.381 e. The molecular formula is C13H15ClF3IN2. The lowest BCUT2D eigenvalue weighted by molar-refractivity contribution is -0.147. The highest BCUT2D eigenvalue weighted by molar-refractivity contribution is 14.1. The van der Waals surface area contributed by atoms with Crippen LogP contribution in [0.5, 0.6) is 0 Å². The van der Waals surface area contributed by atoms with E-state index in [1.165, 1.54) is 4.90 Å². The summed E-state index contributed by atoms with van der Waals surface area (Å²) in [5.74, 6) is 0. The Bertz CT molecular complexity index is 459. The van der Waals surface area contributed by atoms with Gasteiger partial charge in [0.15, 0.2) is 0 Å². The van der Waals surface area contributed by atoms with E-state index >= 15 is 0 Å². The molecule has 2 rings (SSSR count). The summed E-state index contributed by atoms with van der Waals surface area (Å²) in [4.78, 5) is 1.45. The summed E-state index contributed by atoms with van der Waals surface area (Å²) in [5.41, 5.74) is 0.848. The highest BCUT2D eigenvalue weighted by Crippen LogP contribution is 2.27. The van der Waals surface area contributed by atoms with Gasteiger partial charge in [-0.3, -0.25) is 4.90 Å². The zero-order chi connectivity index (χ0) is 14.8. The van der Waals surface area contributed by atoms with Crippen LogP contribution in [-0.4, -0.2) is 36.8 Å². The first-order valence-electron chi connectivity index (χ1n) is 6.34. The minimum absolute atomic E-state index is 0.178. The maximum absolute atomic E-state index is 12.3. The van der Waals surface area contributed by atoms with Crippen LogP contribution in [-0.2, 0) is 0 Å². The number of nitrogens with zero attached hydrogens (tertiary/aromatic N) is 1. The Balaban J connectivity index is 1.85. The lowest BCUT2D eigenvalue weighted by atomic mass is 10.0. The Morgan fingerprint density at radius 2 is 1.95 bits per heavy atom. The van der Waals surface area contributed by atoms with Crippen LogP contribution in [0, 0.1) is 3.57 Å².